The highest BCUT2D eigenvalue weighted by molar-refractivity contribution is 14.1. The lowest BCUT2D eigenvalue weighted by molar-refractivity contribution is 0.0734. The summed E-state index contributed by atoms with van der Waals surface area (Å²) in [5.74, 6) is 2.59. The lowest BCUT2D eigenvalue weighted by Crippen LogP contribution is -2.13. The monoisotopic (exact) mass is 532 g/mol. The van der Waals surface area contributed by atoms with Crippen molar-refractivity contribution in [2.75, 3.05) is 6.61 Å². The number of hydrogen-bond acceptors (Lipinski definition) is 3. The molecule has 2 aromatic carbocycles. The SMILES string of the molecule is CCCCCC1CCC(C=CCOc2ccc(C(=O)Oc3ccc(I)cc3)cc2)CC1. The van der Waals surface area contributed by atoms with Crippen LogP contribution in [0, 0.1) is 15.4 Å². The molecule has 0 aromatic heterocycles. The standard InChI is InChI=1S/C27H33IO3/c1-2-3-4-6-21-8-10-22(11-9-21)7-5-20-30-25-16-12-23(13-17-25)27(29)31-26-18-14-24(28)15-19-26/h5,7,12-19,21-22H,2-4,6,8-11,20H2,1H3. The fourth-order valence-electron chi connectivity index (χ4n) is 4.10. The highest BCUT2D eigenvalue weighted by atomic mass is 127. The van der Waals surface area contributed by atoms with Gasteiger partial charge >= 0.3 is 5.97 Å². The zero-order valence-corrected chi connectivity index (χ0v) is 20.6. The van der Waals surface area contributed by atoms with Crippen LogP contribution in [0.4, 0.5) is 0 Å². The van der Waals surface area contributed by atoms with Gasteiger partial charge in [-0.3, -0.25) is 0 Å². The van der Waals surface area contributed by atoms with E-state index in [9.17, 15) is 4.79 Å². The Labute approximate surface area is 200 Å². The second kappa shape index (κ2) is 12.9. The van der Waals surface area contributed by atoms with Crippen molar-refractivity contribution in [1.82, 2.24) is 0 Å². The summed E-state index contributed by atoms with van der Waals surface area (Å²) in [7, 11) is 0. The summed E-state index contributed by atoms with van der Waals surface area (Å²) >= 11 is 2.22. The predicted octanol–water partition coefficient (Wildman–Crippen LogP) is 7.83. The number of halogens is 1. The molecule has 3 rings (SSSR count). The molecule has 0 unspecified atom stereocenters. The third-order valence-corrected chi connectivity index (χ3v) is 6.70. The van der Waals surface area contributed by atoms with Crippen LogP contribution in [-0.4, -0.2) is 12.6 Å². The van der Waals surface area contributed by atoms with Crippen LogP contribution < -0.4 is 9.47 Å². The predicted molar refractivity (Wildman–Crippen MR) is 135 cm³/mol. The van der Waals surface area contributed by atoms with E-state index >= 15 is 0 Å². The molecule has 0 bridgehead atoms. The molecule has 0 aliphatic heterocycles. The van der Waals surface area contributed by atoms with Crippen molar-refractivity contribution in [2.45, 2.75) is 58.3 Å². The summed E-state index contributed by atoms with van der Waals surface area (Å²) in [5, 5.41) is 0. The normalized spacial score (nSPS) is 18.8. The zero-order valence-electron chi connectivity index (χ0n) is 18.4. The van der Waals surface area contributed by atoms with Gasteiger partial charge in [0.15, 0.2) is 0 Å². The number of carbonyl (C=O) groups excluding carboxylic acids is 1. The second-order valence-electron chi connectivity index (χ2n) is 8.38. The maximum Gasteiger partial charge on any atom is 0.343 e. The quantitative estimate of drug-likeness (QED) is 0.103. The van der Waals surface area contributed by atoms with E-state index in [4.69, 9.17) is 9.47 Å². The average Bonchev–Trinajstić information content (AvgIpc) is 2.80. The van der Waals surface area contributed by atoms with Gasteiger partial charge in [-0.1, -0.05) is 44.8 Å². The molecule has 0 saturated heterocycles. The highest BCUT2D eigenvalue weighted by Gasteiger charge is 2.18. The van der Waals surface area contributed by atoms with Crippen LogP contribution in [0.1, 0.15) is 68.6 Å². The van der Waals surface area contributed by atoms with Crippen LogP contribution >= 0.6 is 22.6 Å². The maximum atomic E-state index is 12.3. The summed E-state index contributed by atoms with van der Waals surface area (Å²) in [4.78, 5) is 12.3. The van der Waals surface area contributed by atoms with Gasteiger partial charge in [-0.25, -0.2) is 4.79 Å². The molecule has 31 heavy (non-hydrogen) atoms. The Morgan fingerprint density at radius 3 is 2.32 bits per heavy atom. The first-order valence-electron chi connectivity index (χ1n) is 11.5. The fraction of sp³-hybridized carbons (Fsp3) is 0.444. The molecule has 2 aromatic rings. The summed E-state index contributed by atoms with van der Waals surface area (Å²) in [6, 6.07) is 14.5. The van der Waals surface area contributed by atoms with Gasteiger partial charge in [0, 0.05) is 3.57 Å². The Hall–Kier alpha value is -1.82. The third kappa shape index (κ3) is 8.32. The summed E-state index contributed by atoms with van der Waals surface area (Å²) in [5.41, 5.74) is 0.511. The molecular weight excluding hydrogens is 499 g/mol. The molecule has 1 aliphatic rings. The minimum atomic E-state index is -0.363. The Balaban J connectivity index is 1.36. The smallest absolute Gasteiger partial charge is 0.343 e. The van der Waals surface area contributed by atoms with Crippen molar-refractivity contribution in [3.63, 3.8) is 0 Å². The largest absolute Gasteiger partial charge is 0.490 e. The Morgan fingerprint density at radius 2 is 1.65 bits per heavy atom. The molecule has 1 fully saturated rings. The second-order valence-corrected chi connectivity index (χ2v) is 9.63. The summed E-state index contributed by atoms with van der Waals surface area (Å²) in [6.45, 7) is 2.83. The highest BCUT2D eigenvalue weighted by Crippen LogP contribution is 2.32. The lowest BCUT2D eigenvalue weighted by Gasteiger charge is -2.26. The van der Waals surface area contributed by atoms with Crippen LogP contribution in [0.5, 0.6) is 11.5 Å². The van der Waals surface area contributed by atoms with Gasteiger partial charge in [0.1, 0.15) is 18.1 Å². The average molecular weight is 532 g/mol. The van der Waals surface area contributed by atoms with Crippen molar-refractivity contribution >= 4 is 28.6 Å². The zero-order chi connectivity index (χ0) is 21.9. The summed E-state index contributed by atoms with van der Waals surface area (Å²) in [6.07, 6.45) is 15.4. The fourth-order valence-corrected chi connectivity index (χ4v) is 4.46. The molecule has 0 radical (unpaired) electrons. The molecule has 0 spiro atoms. The van der Waals surface area contributed by atoms with Crippen molar-refractivity contribution in [3.8, 4) is 11.5 Å². The van der Waals surface area contributed by atoms with Crippen molar-refractivity contribution in [2.24, 2.45) is 11.8 Å². The molecule has 1 aliphatic carbocycles. The minimum absolute atomic E-state index is 0.363. The van der Waals surface area contributed by atoms with Crippen molar-refractivity contribution < 1.29 is 14.3 Å². The first-order valence-corrected chi connectivity index (χ1v) is 12.6. The van der Waals surface area contributed by atoms with Crippen LogP contribution in [-0.2, 0) is 0 Å². The third-order valence-electron chi connectivity index (χ3n) is 5.98. The number of ether oxygens (including phenoxy) is 2. The van der Waals surface area contributed by atoms with Crippen LogP contribution in [0.15, 0.2) is 60.7 Å². The van der Waals surface area contributed by atoms with Crippen LogP contribution in [0.2, 0.25) is 0 Å². The number of rotatable bonds is 10. The van der Waals surface area contributed by atoms with E-state index in [2.05, 4.69) is 41.7 Å². The van der Waals surface area contributed by atoms with E-state index in [0.717, 1.165) is 15.2 Å². The Morgan fingerprint density at radius 1 is 0.968 bits per heavy atom. The number of benzene rings is 2. The lowest BCUT2D eigenvalue weighted by atomic mass is 9.79. The van der Waals surface area contributed by atoms with Gasteiger partial charge in [0.25, 0.3) is 0 Å². The number of allylic oxidation sites excluding steroid dienone is 1. The van der Waals surface area contributed by atoms with E-state index in [1.807, 2.05) is 24.3 Å². The van der Waals surface area contributed by atoms with E-state index in [-0.39, 0.29) is 5.97 Å². The maximum absolute atomic E-state index is 12.3. The molecule has 4 heteroatoms. The number of carbonyl (C=O) groups is 1. The van der Waals surface area contributed by atoms with Gasteiger partial charge in [-0.15, -0.1) is 0 Å². The molecule has 0 N–H and O–H groups in total. The Kier molecular flexibility index (Phi) is 9.91. The molecule has 166 valence electrons. The van der Waals surface area contributed by atoms with Gasteiger partial charge < -0.3 is 9.47 Å². The van der Waals surface area contributed by atoms with E-state index in [1.54, 1.807) is 24.3 Å². The van der Waals surface area contributed by atoms with E-state index in [1.165, 1.54) is 51.4 Å². The number of unbranched alkanes of at least 4 members (excludes halogenated alkanes) is 2. The van der Waals surface area contributed by atoms with Crippen molar-refractivity contribution in [3.05, 3.63) is 69.8 Å². The van der Waals surface area contributed by atoms with E-state index in [0.29, 0.717) is 23.8 Å². The Bertz CT molecular complexity index is 819. The first kappa shape index (κ1) is 23.8. The van der Waals surface area contributed by atoms with Gasteiger partial charge in [-0.2, -0.15) is 0 Å². The molecule has 1 saturated carbocycles. The minimum Gasteiger partial charge on any atom is -0.490 e. The number of esters is 1. The van der Waals surface area contributed by atoms with E-state index < -0.39 is 0 Å². The molecular formula is C27H33IO3. The molecule has 0 atom stereocenters. The van der Waals surface area contributed by atoms with Crippen LogP contribution in [0.3, 0.4) is 0 Å². The van der Waals surface area contributed by atoms with Crippen molar-refractivity contribution in [1.29, 1.82) is 0 Å². The molecule has 0 heterocycles. The topological polar surface area (TPSA) is 35.5 Å². The van der Waals surface area contributed by atoms with Gasteiger partial charge in [0.05, 0.1) is 5.56 Å². The molecule has 0 amide bonds. The van der Waals surface area contributed by atoms with Gasteiger partial charge in [0.2, 0.25) is 0 Å². The molecule has 3 nitrogen and oxygen atoms in total. The summed E-state index contributed by atoms with van der Waals surface area (Å²) < 4.78 is 12.3. The number of hydrogen-bond donors (Lipinski definition) is 0. The first-order chi connectivity index (χ1) is 15.1. The van der Waals surface area contributed by atoms with Crippen LogP contribution in [0.25, 0.3) is 0 Å². The van der Waals surface area contributed by atoms with Gasteiger partial charge in [-0.05, 0) is 109 Å².